The second-order valence-electron chi connectivity index (χ2n) is 6.29. The highest BCUT2D eigenvalue weighted by atomic mass is 19.4. The first-order valence-corrected chi connectivity index (χ1v) is 8.24. The van der Waals surface area contributed by atoms with Gasteiger partial charge in [-0.1, -0.05) is 6.07 Å². The van der Waals surface area contributed by atoms with Crippen molar-refractivity contribution in [3.05, 3.63) is 47.8 Å². The van der Waals surface area contributed by atoms with Crippen LogP contribution in [0, 0.1) is 0 Å². The molecule has 6 nitrogen and oxygen atoms in total. The lowest BCUT2D eigenvalue weighted by Crippen LogP contribution is -2.49. The maximum Gasteiger partial charge on any atom is 0.416 e. The number of aromatic nitrogens is 2. The van der Waals surface area contributed by atoms with Crippen molar-refractivity contribution in [2.75, 3.05) is 31.5 Å². The van der Waals surface area contributed by atoms with E-state index in [1.165, 1.54) is 12.1 Å². The molecule has 9 heteroatoms. The molecule has 2 heterocycles. The van der Waals surface area contributed by atoms with Crippen molar-refractivity contribution in [3.63, 3.8) is 0 Å². The molecule has 140 valence electrons. The number of nitrogens with zero attached hydrogens (tertiary/aromatic N) is 4. The van der Waals surface area contributed by atoms with E-state index in [0.29, 0.717) is 26.2 Å². The molecule has 1 aromatic heterocycles. The fraction of sp³-hybridized carbons (Fsp3) is 0.412. The van der Waals surface area contributed by atoms with Crippen molar-refractivity contribution in [3.8, 4) is 0 Å². The van der Waals surface area contributed by atoms with Gasteiger partial charge < -0.3 is 10.2 Å². The van der Waals surface area contributed by atoms with Crippen molar-refractivity contribution < 1.29 is 18.0 Å². The average Bonchev–Trinajstić information content (AvgIpc) is 3.00. The molecule has 1 aliphatic rings. The van der Waals surface area contributed by atoms with Crippen LogP contribution in [0.4, 0.5) is 23.7 Å². The molecule has 2 amide bonds. The number of urea groups is 1. The zero-order valence-electron chi connectivity index (χ0n) is 14.3. The van der Waals surface area contributed by atoms with Gasteiger partial charge in [0.15, 0.2) is 0 Å². The number of alkyl halides is 3. The summed E-state index contributed by atoms with van der Waals surface area (Å²) in [6.07, 6.45) is -0.669. The lowest BCUT2D eigenvalue weighted by atomic mass is 10.2. The lowest BCUT2D eigenvalue weighted by Gasteiger charge is -2.34. The van der Waals surface area contributed by atoms with Crippen LogP contribution in [0.1, 0.15) is 11.1 Å². The standard InChI is InChI=1S/C17H20F3N5O/c1-23-11-13(10-21-23)12-24-5-7-25(8-6-24)16(26)22-15-4-2-3-14(9-15)17(18,19)20/h2-4,9-11H,5-8,12H2,1H3,(H,22,26). The quantitative estimate of drug-likeness (QED) is 0.908. The summed E-state index contributed by atoms with van der Waals surface area (Å²) in [4.78, 5) is 16.1. The van der Waals surface area contributed by atoms with Crippen molar-refractivity contribution >= 4 is 11.7 Å². The number of anilines is 1. The molecule has 0 unspecified atom stereocenters. The Morgan fingerprint density at radius 1 is 1.23 bits per heavy atom. The number of nitrogens with one attached hydrogen (secondary N) is 1. The maximum atomic E-state index is 12.7. The smallest absolute Gasteiger partial charge is 0.322 e. The van der Waals surface area contributed by atoms with Gasteiger partial charge in [-0.05, 0) is 18.2 Å². The van der Waals surface area contributed by atoms with E-state index >= 15 is 0 Å². The molecule has 1 aromatic carbocycles. The summed E-state index contributed by atoms with van der Waals surface area (Å²) in [5.74, 6) is 0. The molecule has 0 spiro atoms. The van der Waals surface area contributed by atoms with Crippen LogP contribution < -0.4 is 5.32 Å². The Balaban J connectivity index is 1.52. The van der Waals surface area contributed by atoms with E-state index in [-0.39, 0.29) is 11.7 Å². The minimum atomic E-state index is -4.43. The average molecular weight is 367 g/mol. The van der Waals surface area contributed by atoms with Crippen LogP contribution in [0.25, 0.3) is 0 Å². The normalized spacial score (nSPS) is 15.9. The monoisotopic (exact) mass is 367 g/mol. The molecule has 1 saturated heterocycles. The number of carbonyl (C=O) groups excluding carboxylic acids is 1. The van der Waals surface area contributed by atoms with Gasteiger partial charge in [0, 0.05) is 57.2 Å². The van der Waals surface area contributed by atoms with Crippen molar-refractivity contribution in [1.29, 1.82) is 0 Å². The van der Waals surface area contributed by atoms with E-state index < -0.39 is 11.7 Å². The number of benzene rings is 1. The SMILES string of the molecule is Cn1cc(CN2CCN(C(=O)Nc3cccc(C(F)(F)F)c3)CC2)cn1. The zero-order chi connectivity index (χ0) is 18.7. The number of hydrogen-bond donors (Lipinski definition) is 1. The van der Waals surface area contributed by atoms with Crippen LogP contribution in [0.5, 0.6) is 0 Å². The second-order valence-corrected chi connectivity index (χ2v) is 6.29. The van der Waals surface area contributed by atoms with E-state index in [1.807, 2.05) is 19.4 Å². The molecule has 1 fully saturated rings. The molecule has 0 aliphatic carbocycles. The summed E-state index contributed by atoms with van der Waals surface area (Å²) in [5.41, 5.74) is 0.466. The van der Waals surface area contributed by atoms with Crippen LogP contribution in [0.2, 0.25) is 0 Å². The molecule has 0 bridgehead atoms. The molecule has 1 N–H and O–H groups in total. The molecule has 26 heavy (non-hydrogen) atoms. The fourth-order valence-electron chi connectivity index (χ4n) is 2.90. The van der Waals surface area contributed by atoms with E-state index in [0.717, 1.165) is 24.2 Å². The summed E-state index contributed by atoms with van der Waals surface area (Å²) >= 11 is 0. The predicted molar refractivity (Wildman–Crippen MR) is 90.5 cm³/mol. The minimum absolute atomic E-state index is 0.141. The highest BCUT2D eigenvalue weighted by Crippen LogP contribution is 2.30. The van der Waals surface area contributed by atoms with Crippen LogP contribution in [0.3, 0.4) is 0 Å². The summed E-state index contributed by atoms with van der Waals surface area (Å²) < 4.78 is 40.0. The molecule has 3 rings (SSSR count). The van der Waals surface area contributed by atoms with Gasteiger partial charge in [0.2, 0.25) is 0 Å². The highest BCUT2D eigenvalue weighted by Gasteiger charge is 2.30. The number of rotatable bonds is 3. The van der Waals surface area contributed by atoms with E-state index in [2.05, 4.69) is 15.3 Å². The van der Waals surface area contributed by atoms with Gasteiger partial charge in [-0.2, -0.15) is 18.3 Å². The van der Waals surface area contributed by atoms with Gasteiger partial charge in [-0.15, -0.1) is 0 Å². The summed E-state index contributed by atoms with van der Waals surface area (Å²) in [5, 5.41) is 6.68. The second kappa shape index (κ2) is 7.36. The van der Waals surface area contributed by atoms with Crippen LogP contribution in [0.15, 0.2) is 36.7 Å². The Labute approximate surface area is 149 Å². The van der Waals surface area contributed by atoms with Gasteiger partial charge in [-0.25, -0.2) is 4.79 Å². The Morgan fingerprint density at radius 2 is 1.96 bits per heavy atom. The molecular formula is C17H20F3N5O. The highest BCUT2D eigenvalue weighted by molar-refractivity contribution is 5.89. The number of hydrogen-bond acceptors (Lipinski definition) is 3. The molecule has 1 aliphatic heterocycles. The summed E-state index contributed by atoms with van der Waals surface area (Å²) in [6.45, 7) is 3.20. The summed E-state index contributed by atoms with van der Waals surface area (Å²) in [6, 6.07) is 4.27. The van der Waals surface area contributed by atoms with Crippen LogP contribution in [-0.2, 0) is 19.8 Å². The third kappa shape index (κ3) is 4.54. The largest absolute Gasteiger partial charge is 0.416 e. The molecule has 0 saturated carbocycles. The van der Waals surface area contributed by atoms with Gasteiger partial charge in [0.1, 0.15) is 0 Å². The first-order valence-electron chi connectivity index (χ1n) is 8.24. The summed E-state index contributed by atoms with van der Waals surface area (Å²) in [7, 11) is 1.86. The number of amides is 2. The zero-order valence-corrected chi connectivity index (χ0v) is 14.3. The number of aryl methyl sites for hydroxylation is 1. The van der Waals surface area contributed by atoms with Gasteiger partial charge in [0.25, 0.3) is 0 Å². The fourth-order valence-corrected chi connectivity index (χ4v) is 2.90. The lowest BCUT2D eigenvalue weighted by molar-refractivity contribution is -0.137. The van der Waals surface area contributed by atoms with E-state index in [9.17, 15) is 18.0 Å². The Kier molecular flexibility index (Phi) is 5.17. The number of piperazine rings is 1. The van der Waals surface area contributed by atoms with Crippen molar-refractivity contribution in [1.82, 2.24) is 19.6 Å². The molecule has 0 atom stereocenters. The molecule has 2 aromatic rings. The first-order chi connectivity index (χ1) is 12.3. The van der Waals surface area contributed by atoms with Crippen molar-refractivity contribution in [2.45, 2.75) is 12.7 Å². The van der Waals surface area contributed by atoms with Crippen LogP contribution >= 0.6 is 0 Å². The van der Waals surface area contributed by atoms with E-state index in [1.54, 1.807) is 9.58 Å². The number of carbonyl (C=O) groups is 1. The number of halogens is 3. The van der Waals surface area contributed by atoms with E-state index in [4.69, 9.17) is 0 Å². The Morgan fingerprint density at radius 3 is 2.58 bits per heavy atom. The first kappa shape index (κ1) is 18.2. The van der Waals surface area contributed by atoms with Crippen molar-refractivity contribution in [2.24, 2.45) is 7.05 Å². The Hall–Kier alpha value is -2.55. The third-order valence-electron chi connectivity index (χ3n) is 4.27. The topological polar surface area (TPSA) is 53.4 Å². The molecular weight excluding hydrogens is 347 g/mol. The minimum Gasteiger partial charge on any atom is -0.322 e. The van der Waals surface area contributed by atoms with Gasteiger partial charge >= 0.3 is 12.2 Å². The Bertz CT molecular complexity index is 766. The molecule has 0 radical (unpaired) electrons. The van der Waals surface area contributed by atoms with Gasteiger partial charge in [0.05, 0.1) is 11.8 Å². The third-order valence-corrected chi connectivity index (χ3v) is 4.27. The maximum absolute atomic E-state index is 12.7. The predicted octanol–water partition coefficient (Wildman–Crippen LogP) is 2.79. The van der Waals surface area contributed by atoms with Crippen LogP contribution in [-0.4, -0.2) is 51.8 Å². The van der Waals surface area contributed by atoms with Gasteiger partial charge in [-0.3, -0.25) is 9.58 Å².